The summed E-state index contributed by atoms with van der Waals surface area (Å²) in [6, 6.07) is 4.59. The van der Waals surface area contributed by atoms with Gasteiger partial charge in [0.05, 0.1) is 17.1 Å². The number of aromatic nitrogens is 1. The topological polar surface area (TPSA) is 98.2 Å². The van der Waals surface area contributed by atoms with Crippen LogP contribution >= 0.6 is 15.9 Å². The first-order valence-electron chi connectivity index (χ1n) is 5.77. The number of anilines is 1. The predicted molar refractivity (Wildman–Crippen MR) is 78.6 cm³/mol. The van der Waals surface area contributed by atoms with Crippen molar-refractivity contribution in [1.29, 1.82) is 0 Å². The Morgan fingerprint density at radius 2 is 2.10 bits per heavy atom. The van der Waals surface area contributed by atoms with Gasteiger partial charge >= 0.3 is 0 Å². The van der Waals surface area contributed by atoms with E-state index in [0.29, 0.717) is 21.8 Å². The standard InChI is InChI=1S/C12H14BrN3O3S/c1-7-8(2)19-12(16-7)6-15-20(17,18)11-5-9(14)3-4-10(11)13/h3-5,15H,6,14H2,1-2H3. The molecule has 1 aromatic heterocycles. The molecule has 8 heteroatoms. The van der Waals surface area contributed by atoms with E-state index in [1.165, 1.54) is 6.07 Å². The van der Waals surface area contributed by atoms with Crippen LogP contribution in [0.5, 0.6) is 0 Å². The molecule has 6 nitrogen and oxygen atoms in total. The number of nitrogens with zero attached hydrogens (tertiary/aromatic N) is 1. The first-order chi connectivity index (χ1) is 9.29. The van der Waals surface area contributed by atoms with Crippen molar-refractivity contribution in [2.75, 3.05) is 5.73 Å². The van der Waals surface area contributed by atoms with Crippen molar-refractivity contribution < 1.29 is 12.8 Å². The van der Waals surface area contributed by atoms with Gasteiger partial charge in [-0.05, 0) is 48.0 Å². The lowest BCUT2D eigenvalue weighted by molar-refractivity contribution is 0.463. The van der Waals surface area contributed by atoms with Gasteiger partial charge in [0, 0.05) is 10.2 Å². The maximum absolute atomic E-state index is 12.2. The molecule has 3 N–H and O–H groups in total. The van der Waals surface area contributed by atoms with E-state index in [9.17, 15) is 8.42 Å². The van der Waals surface area contributed by atoms with Gasteiger partial charge < -0.3 is 10.2 Å². The number of aryl methyl sites for hydroxylation is 2. The Hall–Kier alpha value is -1.38. The SMILES string of the molecule is Cc1nc(CNS(=O)(=O)c2cc(N)ccc2Br)oc1C. The third-order valence-electron chi connectivity index (χ3n) is 2.73. The molecule has 0 saturated heterocycles. The Labute approximate surface area is 125 Å². The molecule has 0 aliphatic rings. The fourth-order valence-corrected chi connectivity index (χ4v) is 3.55. The Kier molecular flexibility index (Phi) is 4.17. The molecule has 0 saturated carbocycles. The van der Waals surface area contributed by atoms with Gasteiger partial charge in [-0.2, -0.15) is 0 Å². The highest BCUT2D eigenvalue weighted by molar-refractivity contribution is 9.10. The molecular weight excluding hydrogens is 346 g/mol. The van der Waals surface area contributed by atoms with Crippen LogP contribution in [0, 0.1) is 13.8 Å². The second-order valence-corrected chi connectivity index (χ2v) is 6.85. The zero-order valence-electron chi connectivity index (χ0n) is 11.0. The molecular formula is C12H14BrN3O3S. The van der Waals surface area contributed by atoms with Gasteiger partial charge in [0.2, 0.25) is 15.9 Å². The lowest BCUT2D eigenvalue weighted by Crippen LogP contribution is -2.24. The number of sulfonamides is 1. The second-order valence-electron chi connectivity index (χ2n) is 4.26. The van der Waals surface area contributed by atoms with E-state index in [2.05, 4.69) is 25.6 Å². The average Bonchev–Trinajstić information content (AvgIpc) is 2.69. The molecule has 2 rings (SSSR count). The van der Waals surface area contributed by atoms with Crippen LogP contribution in [0.4, 0.5) is 5.69 Å². The van der Waals surface area contributed by atoms with Gasteiger partial charge in [-0.15, -0.1) is 0 Å². The number of benzene rings is 1. The third-order valence-corrected chi connectivity index (χ3v) is 5.13. The van der Waals surface area contributed by atoms with Gasteiger partial charge in [-0.25, -0.2) is 18.1 Å². The number of nitrogen functional groups attached to an aromatic ring is 1. The van der Waals surface area contributed by atoms with Crippen molar-refractivity contribution in [2.45, 2.75) is 25.3 Å². The normalized spacial score (nSPS) is 11.8. The van der Waals surface area contributed by atoms with Crippen LogP contribution in [0.3, 0.4) is 0 Å². The van der Waals surface area contributed by atoms with Crippen molar-refractivity contribution >= 4 is 31.6 Å². The monoisotopic (exact) mass is 359 g/mol. The highest BCUT2D eigenvalue weighted by Crippen LogP contribution is 2.24. The Morgan fingerprint density at radius 1 is 1.40 bits per heavy atom. The number of nitrogens with one attached hydrogen (secondary N) is 1. The lowest BCUT2D eigenvalue weighted by Gasteiger charge is -2.07. The molecule has 0 bridgehead atoms. The molecule has 20 heavy (non-hydrogen) atoms. The Bertz CT molecular complexity index is 721. The maximum Gasteiger partial charge on any atom is 0.242 e. The van der Waals surface area contributed by atoms with E-state index in [-0.39, 0.29) is 11.4 Å². The summed E-state index contributed by atoms with van der Waals surface area (Å²) in [7, 11) is -3.69. The van der Waals surface area contributed by atoms with Gasteiger partial charge in [-0.1, -0.05) is 0 Å². The van der Waals surface area contributed by atoms with E-state index in [1.54, 1.807) is 26.0 Å². The van der Waals surface area contributed by atoms with Crippen LogP contribution in [0.15, 0.2) is 32.0 Å². The summed E-state index contributed by atoms with van der Waals surface area (Å²) in [6.07, 6.45) is 0. The molecule has 0 spiro atoms. The predicted octanol–water partition coefficient (Wildman–Crippen LogP) is 2.11. The summed E-state index contributed by atoms with van der Waals surface area (Å²) in [4.78, 5) is 4.20. The molecule has 2 aromatic rings. The smallest absolute Gasteiger partial charge is 0.242 e. The van der Waals surface area contributed by atoms with E-state index in [0.717, 1.165) is 5.69 Å². The van der Waals surface area contributed by atoms with Crippen LogP contribution in [0.2, 0.25) is 0 Å². The summed E-state index contributed by atoms with van der Waals surface area (Å²) in [5.74, 6) is 0.993. The summed E-state index contributed by atoms with van der Waals surface area (Å²) >= 11 is 3.19. The van der Waals surface area contributed by atoms with Crippen LogP contribution in [0.25, 0.3) is 0 Å². The number of hydrogen-bond donors (Lipinski definition) is 2. The van der Waals surface area contributed by atoms with E-state index < -0.39 is 10.0 Å². The molecule has 0 amide bonds. The van der Waals surface area contributed by atoms with E-state index >= 15 is 0 Å². The summed E-state index contributed by atoms with van der Waals surface area (Å²) in [5, 5.41) is 0. The van der Waals surface area contributed by atoms with Gasteiger partial charge in [0.25, 0.3) is 0 Å². The van der Waals surface area contributed by atoms with Crippen LogP contribution in [-0.4, -0.2) is 13.4 Å². The summed E-state index contributed by atoms with van der Waals surface area (Å²) in [5.41, 5.74) is 6.72. The summed E-state index contributed by atoms with van der Waals surface area (Å²) in [6.45, 7) is 3.55. The fraction of sp³-hybridized carbons (Fsp3) is 0.250. The highest BCUT2D eigenvalue weighted by Gasteiger charge is 2.19. The minimum Gasteiger partial charge on any atom is -0.444 e. The second kappa shape index (κ2) is 5.55. The average molecular weight is 360 g/mol. The summed E-state index contributed by atoms with van der Waals surface area (Å²) < 4.78 is 32.6. The number of oxazole rings is 1. The van der Waals surface area contributed by atoms with E-state index in [1.807, 2.05) is 0 Å². The third kappa shape index (κ3) is 3.20. The van der Waals surface area contributed by atoms with Crippen LogP contribution in [-0.2, 0) is 16.6 Å². The minimum absolute atomic E-state index is 0.0156. The lowest BCUT2D eigenvalue weighted by atomic mass is 10.3. The molecule has 1 aromatic carbocycles. The number of halogens is 1. The Morgan fingerprint density at radius 3 is 2.70 bits per heavy atom. The first-order valence-corrected chi connectivity index (χ1v) is 8.05. The van der Waals surface area contributed by atoms with Crippen LogP contribution in [0.1, 0.15) is 17.3 Å². The highest BCUT2D eigenvalue weighted by atomic mass is 79.9. The number of hydrogen-bond acceptors (Lipinski definition) is 5. The van der Waals surface area contributed by atoms with Gasteiger partial charge in [0.15, 0.2) is 0 Å². The number of rotatable bonds is 4. The van der Waals surface area contributed by atoms with Crippen molar-refractivity contribution in [3.8, 4) is 0 Å². The van der Waals surface area contributed by atoms with Gasteiger partial charge in [-0.3, -0.25) is 0 Å². The first kappa shape index (κ1) is 15.0. The maximum atomic E-state index is 12.2. The molecule has 0 aliphatic heterocycles. The molecule has 0 aliphatic carbocycles. The number of nitrogens with two attached hydrogens (primary N) is 1. The quantitative estimate of drug-likeness (QED) is 0.814. The zero-order chi connectivity index (χ0) is 14.9. The van der Waals surface area contributed by atoms with Crippen LogP contribution < -0.4 is 10.5 Å². The molecule has 0 fully saturated rings. The molecule has 108 valence electrons. The van der Waals surface area contributed by atoms with Crippen molar-refractivity contribution in [3.05, 3.63) is 40.0 Å². The van der Waals surface area contributed by atoms with Crippen molar-refractivity contribution in [3.63, 3.8) is 0 Å². The molecule has 0 atom stereocenters. The largest absolute Gasteiger partial charge is 0.444 e. The van der Waals surface area contributed by atoms with Gasteiger partial charge in [0.1, 0.15) is 5.76 Å². The minimum atomic E-state index is -3.69. The molecule has 0 radical (unpaired) electrons. The molecule has 1 heterocycles. The zero-order valence-corrected chi connectivity index (χ0v) is 13.4. The molecule has 0 unspecified atom stereocenters. The van der Waals surface area contributed by atoms with Crippen molar-refractivity contribution in [1.82, 2.24) is 9.71 Å². The fourth-order valence-electron chi connectivity index (χ4n) is 1.58. The Balaban J connectivity index is 2.21. The van der Waals surface area contributed by atoms with E-state index in [4.69, 9.17) is 10.2 Å². The van der Waals surface area contributed by atoms with Crippen molar-refractivity contribution in [2.24, 2.45) is 0 Å².